The summed E-state index contributed by atoms with van der Waals surface area (Å²) in [5, 5.41) is 3.08. The minimum atomic E-state index is 0.429. The van der Waals surface area contributed by atoms with Crippen molar-refractivity contribution < 1.29 is 0 Å². The van der Waals surface area contributed by atoms with Crippen molar-refractivity contribution in [2.45, 2.75) is 13.8 Å². The zero-order valence-corrected chi connectivity index (χ0v) is 7.52. The highest BCUT2D eigenvalue weighted by Crippen LogP contribution is 2.12. The first kappa shape index (κ1) is 9.95. The Kier molecular flexibility index (Phi) is 4.27. The van der Waals surface area contributed by atoms with Gasteiger partial charge in [0.1, 0.15) is 0 Å². The number of hydrogen-bond donors (Lipinski definition) is 1. The van der Waals surface area contributed by atoms with Gasteiger partial charge in [0.2, 0.25) is 0 Å². The molecule has 0 aliphatic heterocycles. The summed E-state index contributed by atoms with van der Waals surface area (Å²) < 4.78 is 0. The molecular formula is C9H16N2. The maximum atomic E-state index is 3.85. The minimum absolute atomic E-state index is 0.429. The Bertz CT molecular complexity index is 168. The summed E-state index contributed by atoms with van der Waals surface area (Å²) >= 11 is 0. The molecular weight excluding hydrogens is 136 g/mol. The van der Waals surface area contributed by atoms with Gasteiger partial charge in [-0.3, -0.25) is 4.99 Å². The predicted octanol–water partition coefficient (Wildman–Crippen LogP) is 1.96. The Hall–Kier alpha value is -1.05. The summed E-state index contributed by atoms with van der Waals surface area (Å²) in [4.78, 5) is 3.85. The number of hydrogen-bond acceptors (Lipinski definition) is 2. The number of nitrogens with one attached hydrogen (secondary N) is 1. The fraction of sp³-hybridized carbons (Fsp3) is 0.444. The van der Waals surface area contributed by atoms with Crippen LogP contribution in [0.15, 0.2) is 29.0 Å². The van der Waals surface area contributed by atoms with Gasteiger partial charge >= 0.3 is 0 Å². The first-order valence-electron chi connectivity index (χ1n) is 3.68. The standard InChI is InChI=1S/C9H16N2/c1-6-8(10-4)9(11-5)7(2)3/h6-7,11H,1,4H2,2-3,5H3/b9-8-. The molecule has 11 heavy (non-hydrogen) atoms. The van der Waals surface area contributed by atoms with Crippen LogP contribution in [0.25, 0.3) is 0 Å². The van der Waals surface area contributed by atoms with Crippen molar-refractivity contribution in [3.05, 3.63) is 24.0 Å². The fourth-order valence-corrected chi connectivity index (χ4v) is 0.972. The predicted molar refractivity (Wildman–Crippen MR) is 50.7 cm³/mol. The average Bonchev–Trinajstić information content (AvgIpc) is 1.99. The molecule has 0 fully saturated rings. The molecule has 0 spiro atoms. The smallest absolute Gasteiger partial charge is 0.0808 e. The van der Waals surface area contributed by atoms with Crippen LogP contribution in [0.3, 0.4) is 0 Å². The molecule has 0 aliphatic rings. The lowest BCUT2D eigenvalue weighted by atomic mass is 10.1. The Balaban J connectivity index is 4.76. The molecule has 62 valence electrons. The zero-order valence-electron chi connectivity index (χ0n) is 7.52. The second-order valence-electron chi connectivity index (χ2n) is 2.57. The molecule has 0 radical (unpaired) electrons. The maximum Gasteiger partial charge on any atom is 0.0808 e. The summed E-state index contributed by atoms with van der Waals surface area (Å²) in [6.07, 6.45) is 1.71. The van der Waals surface area contributed by atoms with E-state index in [1.807, 2.05) is 7.05 Å². The van der Waals surface area contributed by atoms with Crippen molar-refractivity contribution in [1.29, 1.82) is 0 Å². The van der Waals surface area contributed by atoms with E-state index in [9.17, 15) is 0 Å². The minimum Gasteiger partial charge on any atom is -0.389 e. The zero-order chi connectivity index (χ0) is 8.85. The summed E-state index contributed by atoms with van der Waals surface area (Å²) in [6, 6.07) is 0. The number of rotatable bonds is 4. The fourth-order valence-electron chi connectivity index (χ4n) is 0.972. The van der Waals surface area contributed by atoms with E-state index in [1.165, 1.54) is 0 Å². The first-order valence-corrected chi connectivity index (χ1v) is 3.68. The van der Waals surface area contributed by atoms with Gasteiger partial charge in [-0.2, -0.15) is 0 Å². The molecule has 0 unspecified atom stereocenters. The lowest BCUT2D eigenvalue weighted by Gasteiger charge is -2.12. The van der Waals surface area contributed by atoms with Gasteiger partial charge in [-0.15, -0.1) is 0 Å². The van der Waals surface area contributed by atoms with Crippen LogP contribution in [0.1, 0.15) is 13.8 Å². The number of aliphatic imine (C=N–C) groups is 1. The van der Waals surface area contributed by atoms with Crippen LogP contribution in [0.2, 0.25) is 0 Å². The van der Waals surface area contributed by atoms with Gasteiger partial charge in [-0.05, 0) is 18.7 Å². The molecule has 0 rings (SSSR count). The van der Waals surface area contributed by atoms with E-state index in [0.717, 1.165) is 11.4 Å². The van der Waals surface area contributed by atoms with E-state index in [4.69, 9.17) is 0 Å². The Morgan fingerprint density at radius 1 is 1.55 bits per heavy atom. The molecule has 2 nitrogen and oxygen atoms in total. The first-order chi connectivity index (χ1) is 5.17. The SMILES string of the molecule is C=C/C(N=C)=C(/NC)C(C)C. The third-order valence-electron chi connectivity index (χ3n) is 1.49. The molecule has 0 aromatic rings. The van der Waals surface area contributed by atoms with Crippen LogP contribution in [0.5, 0.6) is 0 Å². The van der Waals surface area contributed by atoms with E-state index in [0.29, 0.717) is 5.92 Å². The number of allylic oxidation sites excluding steroid dienone is 2. The van der Waals surface area contributed by atoms with Crippen molar-refractivity contribution in [2.24, 2.45) is 10.9 Å². The lowest BCUT2D eigenvalue weighted by Crippen LogP contribution is -2.13. The molecule has 0 saturated heterocycles. The lowest BCUT2D eigenvalue weighted by molar-refractivity contribution is 0.689. The normalized spacial score (nSPS) is 12.4. The quantitative estimate of drug-likeness (QED) is 0.483. The van der Waals surface area contributed by atoms with E-state index in [2.05, 4.69) is 37.5 Å². The maximum absolute atomic E-state index is 3.85. The van der Waals surface area contributed by atoms with Crippen LogP contribution < -0.4 is 5.32 Å². The highest BCUT2D eigenvalue weighted by Gasteiger charge is 2.04. The van der Waals surface area contributed by atoms with Gasteiger partial charge in [-0.25, -0.2) is 0 Å². The molecule has 0 aliphatic carbocycles. The molecule has 0 atom stereocenters. The summed E-state index contributed by atoms with van der Waals surface area (Å²) in [5.41, 5.74) is 1.91. The Morgan fingerprint density at radius 2 is 2.09 bits per heavy atom. The van der Waals surface area contributed by atoms with Crippen molar-refractivity contribution in [1.82, 2.24) is 5.32 Å². The third kappa shape index (κ3) is 2.58. The highest BCUT2D eigenvalue weighted by molar-refractivity contribution is 5.35. The third-order valence-corrected chi connectivity index (χ3v) is 1.49. The van der Waals surface area contributed by atoms with E-state index < -0.39 is 0 Å². The van der Waals surface area contributed by atoms with E-state index in [-0.39, 0.29) is 0 Å². The second-order valence-corrected chi connectivity index (χ2v) is 2.57. The van der Waals surface area contributed by atoms with Gasteiger partial charge in [0.15, 0.2) is 0 Å². The van der Waals surface area contributed by atoms with Gasteiger partial charge < -0.3 is 5.32 Å². The van der Waals surface area contributed by atoms with Gasteiger partial charge in [0.25, 0.3) is 0 Å². The molecule has 1 N–H and O–H groups in total. The van der Waals surface area contributed by atoms with Crippen molar-refractivity contribution in [3.8, 4) is 0 Å². The van der Waals surface area contributed by atoms with Crippen molar-refractivity contribution in [3.63, 3.8) is 0 Å². The van der Waals surface area contributed by atoms with Gasteiger partial charge in [0.05, 0.1) is 5.70 Å². The summed E-state index contributed by atoms with van der Waals surface area (Å²) in [6.45, 7) is 11.3. The molecule has 0 heterocycles. The molecule has 2 heteroatoms. The van der Waals surface area contributed by atoms with Gasteiger partial charge in [-0.1, -0.05) is 20.4 Å². The van der Waals surface area contributed by atoms with Crippen LogP contribution in [-0.2, 0) is 0 Å². The highest BCUT2D eigenvalue weighted by atomic mass is 14.9. The molecule has 0 saturated carbocycles. The largest absolute Gasteiger partial charge is 0.389 e. The Morgan fingerprint density at radius 3 is 2.18 bits per heavy atom. The van der Waals surface area contributed by atoms with Crippen molar-refractivity contribution in [2.75, 3.05) is 7.05 Å². The van der Waals surface area contributed by atoms with Crippen LogP contribution in [0.4, 0.5) is 0 Å². The second kappa shape index (κ2) is 4.72. The summed E-state index contributed by atoms with van der Waals surface area (Å²) in [7, 11) is 1.88. The van der Waals surface area contributed by atoms with Gasteiger partial charge in [0, 0.05) is 12.7 Å². The van der Waals surface area contributed by atoms with Crippen LogP contribution >= 0.6 is 0 Å². The average molecular weight is 152 g/mol. The number of nitrogens with zero attached hydrogens (tertiary/aromatic N) is 1. The van der Waals surface area contributed by atoms with Crippen LogP contribution in [-0.4, -0.2) is 13.8 Å². The molecule has 0 aromatic carbocycles. The topological polar surface area (TPSA) is 24.4 Å². The monoisotopic (exact) mass is 152 g/mol. The van der Waals surface area contributed by atoms with E-state index >= 15 is 0 Å². The van der Waals surface area contributed by atoms with E-state index in [1.54, 1.807) is 6.08 Å². The molecule has 0 aromatic heterocycles. The van der Waals surface area contributed by atoms with Crippen LogP contribution in [0, 0.1) is 5.92 Å². The van der Waals surface area contributed by atoms with Crippen molar-refractivity contribution >= 4 is 6.72 Å². The molecule has 0 bridgehead atoms. The summed E-state index contributed by atoms with van der Waals surface area (Å²) in [5.74, 6) is 0.429. The molecule has 0 amide bonds. The Labute approximate surface area is 68.7 Å².